The van der Waals surface area contributed by atoms with Gasteiger partial charge in [0.25, 0.3) is 0 Å². The van der Waals surface area contributed by atoms with E-state index in [0.717, 1.165) is 16.7 Å². The van der Waals surface area contributed by atoms with Gasteiger partial charge < -0.3 is 10.3 Å². The molecule has 0 bridgehead atoms. The maximum Gasteiger partial charge on any atom is 0.141 e. The Balaban J connectivity index is 1.95. The van der Waals surface area contributed by atoms with E-state index in [0.29, 0.717) is 5.15 Å². The van der Waals surface area contributed by atoms with E-state index in [1.165, 1.54) is 5.56 Å². The van der Waals surface area contributed by atoms with Gasteiger partial charge >= 0.3 is 0 Å². The van der Waals surface area contributed by atoms with Crippen molar-refractivity contribution >= 4 is 28.3 Å². The van der Waals surface area contributed by atoms with Crippen LogP contribution in [0.3, 0.4) is 0 Å². The Hall–Kier alpha value is -2.00. The minimum atomic E-state index is 0.206. The van der Waals surface area contributed by atoms with Gasteiger partial charge in [0.1, 0.15) is 10.8 Å². The molecule has 0 fully saturated rings. The maximum atomic E-state index is 6.04. The fraction of sp³-hybridized carbons (Fsp3) is 0.133. The van der Waals surface area contributed by atoms with E-state index >= 15 is 0 Å². The van der Waals surface area contributed by atoms with Crippen LogP contribution < -0.4 is 5.32 Å². The lowest BCUT2D eigenvalue weighted by Gasteiger charge is -2.16. The van der Waals surface area contributed by atoms with Crippen LogP contribution in [-0.4, -0.2) is 9.97 Å². The first kappa shape index (κ1) is 12.1. The smallest absolute Gasteiger partial charge is 0.141 e. The number of aromatic nitrogens is 2. The van der Waals surface area contributed by atoms with E-state index in [9.17, 15) is 0 Å². The summed E-state index contributed by atoms with van der Waals surface area (Å²) >= 11 is 6.04. The van der Waals surface area contributed by atoms with Crippen molar-refractivity contribution in [2.45, 2.75) is 13.0 Å². The summed E-state index contributed by atoms with van der Waals surface area (Å²) in [6, 6.07) is 14.4. The minimum Gasteiger partial charge on any atom is -0.378 e. The van der Waals surface area contributed by atoms with Crippen LogP contribution in [0.1, 0.15) is 18.5 Å². The molecular formula is C15H14ClN3. The number of H-pyrrole nitrogens is 1. The normalized spacial score (nSPS) is 12.5. The zero-order valence-corrected chi connectivity index (χ0v) is 11.3. The summed E-state index contributed by atoms with van der Waals surface area (Å²) in [6.45, 7) is 2.13. The Morgan fingerprint density at radius 1 is 1.21 bits per heavy atom. The molecule has 0 aliphatic heterocycles. The summed E-state index contributed by atoms with van der Waals surface area (Å²) in [5.74, 6) is 0. The molecule has 4 heteroatoms. The first-order valence-corrected chi connectivity index (χ1v) is 6.57. The number of nitrogens with zero attached hydrogens (tertiary/aromatic N) is 1. The molecule has 0 spiro atoms. The summed E-state index contributed by atoms with van der Waals surface area (Å²) in [6.07, 6.45) is 1.87. The molecule has 2 heterocycles. The lowest BCUT2D eigenvalue weighted by atomic mass is 10.1. The fourth-order valence-corrected chi connectivity index (χ4v) is 2.38. The van der Waals surface area contributed by atoms with Crippen LogP contribution in [0.5, 0.6) is 0 Å². The van der Waals surface area contributed by atoms with Crippen LogP contribution in [0.4, 0.5) is 5.69 Å². The Kier molecular flexibility index (Phi) is 3.13. The zero-order valence-electron chi connectivity index (χ0n) is 10.5. The second kappa shape index (κ2) is 4.94. The molecule has 96 valence electrons. The van der Waals surface area contributed by atoms with Crippen molar-refractivity contribution in [3.8, 4) is 0 Å². The Morgan fingerprint density at radius 2 is 2.00 bits per heavy atom. The Morgan fingerprint density at radius 3 is 2.79 bits per heavy atom. The van der Waals surface area contributed by atoms with E-state index in [1.54, 1.807) is 0 Å². The molecule has 3 rings (SSSR count). The SMILES string of the molecule is C[C@@H](Nc1cc(Cl)nc2[nH]ccc12)c1ccccc1. The third-order valence-corrected chi connectivity index (χ3v) is 3.36. The lowest BCUT2D eigenvalue weighted by Crippen LogP contribution is -2.06. The minimum absolute atomic E-state index is 0.206. The highest BCUT2D eigenvalue weighted by Gasteiger charge is 2.09. The van der Waals surface area contributed by atoms with Crippen molar-refractivity contribution < 1.29 is 0 Å². The van der Waals surface area contributed by atoms with E-state index in [1.807, 2.05) is 36.5 Å². The van der Waals surface area contributed by atoms with E-state index in [2.05, 4.69) is 34.3 Å². The third-order valence-electron chi connectivity index (χ3n) is 3.17. The Labute approximate surface area is 116 Å². The Bertz CT molecular complexity index is 691. The molecule has 3 aromatic rings. The molecule has 0 aliphatic carbocycles. The second-order valence-corrected chi connectivity index (χ2v) is 4.90. The highest BCUT2D eigenvalue weighted by molar-refractivity contribution is 6.30. The number of rotatable bonds is 3. The quantitative estimate of drug-likeness (QED) is 0.694. The van der Waals surface area contributed by atoms with Crippen molar-refractivity contribution in [1.29, 1.82) is 0 Å². The molecule has 1 atom stereocenters. The third kappa shape index (κ3) is 2.42. The molecule has 2 N–H and O–H groups in total. The molecule has 0 amide bonds. The van der Waals surface area contributed by atoms with Crippen molar-refractivity contribution in [3.63, 3.8) is 0 Å². The summed E-state index contributed by atoms with van der Waals surface area (Å²) in [5.41, 5.74) is 3.03. The molecule has 3 nitrogen and oxygen atoms in total. The van der Waals surface area contributed by atoms with Gasteiger partial charge in [-0.2, -0.15) is 0 Å². The van der Waals surface area contributed by atoms with Gasteiger partial charge in [-0.25, -0.2) is 4.98 Å². The molecule has 1 aromatic carbocycles. The standard InChI is InChI=1S/C15H14ClN3/c1-10(11-5-3-2-4-6-11)18-13-9-14(16)19-15-12(13)7-8-17-15/h2-10H,1H3,(H2,17,18,19)/t10-/m1/s1. The number of pyridine rings is 1. The molecule has 0 saturated heterocycles. The van der Waals surface area contributed by atoms with Gasteiger partial charge in [0.15, 0.2) is 0 Å². The molecule has 0 unspecified atom stereocenters. The van der Waals surface area contributed by atoms with Gasteiger partial charge in [0.05, 0.1) is 0 Å². The van der Waals surface area contributed by atoms with Crippen LogP contribution >= 0.6 is 11.6 Å². The molecule has 0 saturated carbocycles. The van der Waals surface area contributed by atoms with Crippen LogP contribution in [-0.2, 0) is 0 Å². The summed E-state index contributed by atoms with van der Waals surface area (Å²) in [5, 5.41) is 5.02. The van der Waals surface area contributed by atoms with Crippen molar-refractivity contribution in [1.82, 2.24) is 9.97 Å². The highest BCUT2D eigenvalue weighted by atomic mass is 35.5. The van der Waals surface area contributed by atoms with Crippen LogP contribution in [0.25, 0.3) is 11.0 Å². The van der Waals surface area contributed by atoms with Crippen molar-refractivity contribution in [3.05, 3.63) is 59.4 Å². The number of aromatic amines is 1. The number of anilines is 1. The number of halogens is 1. The lowest BCUT2D eigenvalue weighted by molar-refractivity contribution is 0.886. The van der Waals surface area contributed by atoms with E-state index in [-0.39, 0.29) is 6.04 Å². The highest BCUT2D eigenvalue weighted by Crippen LogP contribution is 2.28. The van der Waals surface area contributed by atoms with Crippen molar-refractivity contribution in [2.75, 3.05) is 5.32 Å². The number of hydrogen-bond donors (Lipinski definition) is 2. The predicted octanol–water partition coefficient (Wildman–Crippen LogP) is 4.39. The van der Waals surface area contributed by atoms with Gasteiger partial charge in [0, 0.05) is 23.3 Å². The van der Waals surface area contributed by atoms with Crippen molar-refractivity contribution in [2.24, 2.45) is 0 Å². The summed E-state index contributed by atoms with van der Waals surface area (Å²) in [4.78, 5) is 7.32. The number of fused-ring (bicyclic) bond motifs is 1. The van der Waals surface area contributed by atoms with Gasteiger partial charge in [-0.1, -0.05) is 41.9 Å². The second-order valence-electron chi connectivity index (χ2n) is 4.51. The monoisotopic (exact) mass is 271 g/mol. The first-order chi connectivity index (χ1) is 9.24. The molecule has 0 aliphatic rings. The van der Waals surface area contributed by atoms with E-state index < -0.39 is 0 Å². The summed E-state index contributed by atoms with van der Waals surface area (Å²) < 4.78 is 0. The average molecular weight is 272 g/mol. The topological polar surface area (TPSA) is 40.7 Å². The largest absolute Gasteiger partial charge is 0.378 e. The zero-order chi connectivity index (χ0) is 13.2. The van der Waals surface area contributed by atoms with Gasteiger partial charge in [-0.05, 0) is 24.6 Å². The van der Waals surface area contributed by atoms with Gasteiger partial charge in [-0.3, -0.25) is 0 Å². The number of nitrogens with one attached hydrogen (secondary N) is 2. The average Bonchev–Trinajstić information content (AvgIpc) is 2.88. The predicted molar refractivity (Wildman–Crippen MR) is 79.6 cm³/mol. The molecule has 0 radical (unpaired) electrons. The van der Waals surface area contributed by atoms with Crippen LogP contribution in [0.2, 0.25) is 5.15 Å². The summed E-state index contributed by atoms with van der Waals surface area (Å²) in [7, 11) is 0. The molecular weight excluding hydrogens is 258 g/mol. The molecule has 19 heavy (non-hydrogen) atoms. The fourth-order valence-electron chi connectivity index (χ4n) is 2.18. The number of benzene rings is 1. The van der Waals surface area contributed by atoms with Crippen LogP contribution in [0.15, 0.2) is 48.7 Å². The maximum absolute atomic E-state index is 6.04. The van der Waals surface area contributed by atoms with Gasteiger partial charge in [0.2, 0.25) is 0 Å². The molecule has 2 aromatic heterocycles. The van der Waals surface area contributed by atoms with E-state index in [4.69, 9.17) is 11.6 Å². The number of hydrogen-bond acceptors (Lipinski definition) is 2. The van der Waals surface area contributed by atoms with Gasteiger partial charge in [-0.15, -0.1) is 0 Å². The first-order valence-electron chi connectivity index (χ1n) is 6.19. The van der Waals surface area contributed by atoms with Crippen LogP contribution in [0, 0.1) is 0 Å².